The van der Waals surface area contributed by atoms with E-state index in [4.69, 9.17) is 9.40 Å². The predicted octanol–water partition coefficient (Wildman–Crippen LogP) is 10.4. The molecule has 5 heteroatoms. The van der Waals surface area contributed by atoms with Gasteiger partial charge in [0, 0.05) is 42.8 Å². The van der Waals surface area contributed by atoms with Crippen LogP contribution >= 0.6 is 11.3 Å². The van der Waals surface area contributed by atoms with Gasteiger partial charge in [0.25, 0.3) is 0 Å². The minimum atomic E-state index is 0. The molecule has 4 heterocycles. The Morgan fingerprint density at radius 1 is 0.762 bits per heavy atom. The first-order chi connectivity index (χ1) is 19.7. The molecular formula is C37H32IrN2OS-2. The number of rotatable bonds is 2. The van der Waals surface area contributed by atoms with Gasteiger partial charge in [0.1, 0.15) is 5.58 Å². The van der Waals surface area contributed by atoms with E-state index in [0.29, 0.717) is 0 Å². The largest absolute Gasteiger partial charge is 0.499 e. The number of hydrogen-bond acceptors (Lipinski definition) is 4. The molecule has 4 aromatic heterocycles. The maximum atomic E-state index is 6.51. The fourth-order valence-electron chi connectivity index (χ4n) is 5.33. The van der Waals surface area contributed by atoms with Gasteiger partial charge in [-0.1, -0.05) is 62.1 Å². The van der Waals surface area contributed by atoms with Gasteiger partial charge in [-0.3, -0.25) is 0 Å². The molecule has 0 amide bonds. The second-order valence-corrected chi connectivity index (χ2v) is 12.7. The molecule has 0 bridgehead atoms. The molecule has 7 rings (SSSR count). The molecule has 0 saturated heterocycles. The zero-order valence-electron chi connectivity index (χ0n) is 24.6. The van der Waals surface area contributed by atoms with E-state index < -0.39 is 0 Å². The van der Waals surface area contributed by atoms with Crippen molar-refractivity contribution in [3.8, 4) is 22.5 Å². The van der Waals surface area contributed by atoms with E-state index in [1.54, 1.807) is 6.20 Å². The topological polar surface area (TPSA) is 38.9 Å². The quantitative estimate of drug-likeness (QED) is 0.166. The first kappa shape index (κ1) is 29.8. The number of pyridine rings is 2. The Labute approximate surface area is 265 Å². The van der Waals surface area contributed by atoms with Crippen molar-refractivity contribution in [2.45, 2.75) is 47.0 Å². The summed E-state index contributed by atoms with van der Waals surface area (Å²) in [5.74, 6) is 0. The fraction of sp³-hybridized carbons (Fsp3) is 0.189. The van der Waals surface area contributed by atoms with Crippen LogP contribution in [0.3, 0.4) is 0 Å². The Bertz CT molecular complexity index is 1960. The molecule has 0 aliphatic carbocycles. The van der Waals surface area contributed by atoms with Crippen LogP contribution in [-0.4, -0.2) is 9.97 Å². The van der Waals surface area contributed by atoms with E-state index in [-0.39, 0.29) is 25.5 Å². The number of thiophene rings is 1. The van der Waals surface area contributed by atoms with Crippen molar-refractivity contribution in [1.29, 1.82) is 0 Å². The zero-order chi connectivity index (χ0) is 28.7. The Morgan fingerprint density at radius 3 is 2.24 bits per heavy atom. The molecular weight excluding hydrogens is 713 g/mol. The third-order valence-electron chi connectivity index (χ3n) is 7.56. The van der Waals surface area contributed by atoms with Crippen molar-refractivity contribution < 1.29 is 24.5 Å². The Kier molecular flexibility index (Phi) is 8.48. The van der Waals surface area contributed by atoms with Crippen LogP contribution in [0.2, 0.25) is 0 Å². The molecule has 3 nitrogen and oxygen atoms in total. The molecule has 1 radical (unpaired) electrons. The Hall–Kier alpha value is -3.63. The molecule has 0 fully saturated rings. The fourth-order valence-corrected chi connectivity index (χ4v) is 6.47. The van der Waals surface area contributed by atoms with Crippen molar-refractivity contribution in [2.24, 2.45) is 0 Å². The molecule has 213 valence electrons. The van der Waals surface area contributed by atoms with Crippen molar-refractivity contribution >= 4 is 43.4 Å². The van der Waals surface area contributed by atoms with Gasteiger partial charge in [0.15, 0.2) is 0 Å². The molecule has 0 unspecified atom stereocenters. The third kappa shape index (κ3) is 5.57. The van der Waals surface area contributed by atoms with Gasteiger partial charge in [0.05, 0.1) is 10.3 Å². The average Bonchev–Trinajstić information content (AvgIpc) is 3.51. The van der Waals surface area contributed by atoms with Crippen LogP contribution < -0.4 is 0 Å². The summed E-state index contributed by atoms with van der Waals surface area (Å²) < 4.78 is 7.74. The van der Waals surface area contributed by atoms with Crippen LogP contribution in [0.5, 0.6) is 0 Å². The summed E-state index contributed by atoms with van der Waals surface area (Å²) in [5, 5.41) is 3.57. The number of aryl methyl sites for hydroxylation is 3. The van der Waals surface area contributed by atoms with Crippen LogP contribution in [-0.2, 0) is 25.5 Å². The maximum absolute atomic E-state index is 6.51. The normalized spacial score (nSPS) is 11.4. The van der Waals surface area contributed by atoms with Gasteiger partial charge in [0.2, 0.25) is 0 Å². The predicted molar refractivity (Wildman–Crippen MR) is 173 cm³/mol. The monoisotopic (exact) mass is 745 g/mol. The van der Waals surface area contributed by atoms with E-state index in [2.05, 4.69) is 82.9 Å². The van der Waals surface area contributed by atoms with Crippen LogP contribution in [0.1, 0.15) is 42.3 Å². The third-order valence-corrected chi connectivity index (χ3v) is 8.78. The summed E-state index contributed by atoms with van der Waals surface area (Å²) in [7, 11) is 0. The van der Waals surface area contributed by atoms with Gasteiger partial charge < -0.3 is 14.4 Å². The number of furan rings is 1. The summed E-state index contributed by atoms with van der Waals surface area (Å²) in [5.41, 5.74) is 9.62. The number of fused-ring (bicyclic) bond motifs is 5. The van der Waals surface area contributed by atoms with Gasteiger partial charge in [-0.15, -0.1) is 65.4 Å². The minimum Gasteiger partial charge on any atom is -0.499 e. The summed E-state index contributed by atoms with van der Waals surface area (Å²) in [6.07, 6.45) is 3.76. The van der Waals surface area contributed by atoms with E-state index in [9.17, 15) is 0 Å². The number of aromatic nitrogens is 2. The number of hydrogen-bond donors (Lipinski definition) is 0. The van der Waals surface area contributed by atoms with Crippen LogP contribution in [0.25, 0.3) is 54.5 Å². The summed E-state index contributed by atoms with van der Waals surface area (Å²) in [4.78, 5) is 10.3. The molecule has 0 aliphatic rings. The van der Waals surface area contributed by atoms with E-state index in [1.807, 2.05) is 66.1 Å². The average molecular weight is 745 g/mol. The van der Waals surface area contributed by atoms with Crippen molar-refractivity contribution in [3.05, 3.63) is 119 Å². The summed E-state index contributed by atoms with van der Waals surface area (Å²) >= 11 is 1.81. The Balaban J connectivity index is 0.000000228. The zero-order valence-corrected chi connectivity index (χ0v) is 27.8. The first-order valence-electron chi connectivity index (χ1n) is 13.8. The summed E-state index contributed by atoms with van der Waals surface area (Å²) in [6.45, 7) is 13.2. The maximum Gasteiger partial charge on any atom is 0.138 e. The molecule has 0 saturated carbocycles. The van der Waals surface area contributed by atoms with Gasteiger partial charge >= 0.3 is 0 Å². The molecule has 0 aliphatic heterocycles. The SMILES string of the molecule is Cc1cnc(-c2[c-]ccc3c2oc2c3ccc3c(C)c(C)sc32)cc1C(C)(C)C.[Ir].[c-]1ccccc1-c1ccccn1. The molecule has 0 spiro atoms. The molecule has 0 N–H and O–H groups in total. The van der Waals surface area contributed by atoms with Crippen molar-refractivity contribution in [2.75, 3.05) is 0 Å². The van der Waals surface area contributed by atoms with Crippen molar-refractivity contribution in [1.82, 2.24) is 9.97 Å². The van der Waals surface area contributed by atoms with Gasteiger partial charge in [-0.2, -0.15) is 0 Å². The Morgan fingerprint density at radius 2 is 1.52 bits per heavy atom. The van der Waals surface area contributed by atoms with Crippen LogP contribution in [0, 0.1) is 32.9 Å². The first-order valence-corrected chi connectivity index (χ1v) is 14.7. The molecule has 0 atom stereocenters. The van der Waals surface area contributed by atoms with Gasteiger partial charge in [-0.25, -0.2) is 0 Å². The summed E-state index contributed by atoms with van der Waals surface area (Å²) in [6, 6.07) is 30.9. The molecule has 42 heavy (non-hydrogen) atoms. The van der Waals surface area contributed by atoms with E-state index in [1.165, 1.54) is 31.7 Å². The van der Waals surface area contributed by atoms with Gasteiger partial charge in [-0.05, 0) is 65.7 Å². The number of nitrogens with zero attached hydrogens (tertiary/aromatic N) is 2. The second-order valence-electron chi connectivity index (χ2n) is 11.4. The minimum absolute atomic E-state index is 0. The number of benzene rings is 3. The molecule has 7 aromatic rings. The smallest absolute Gasteiger partial charge is 0.138 e. The second kappa shape index (κ2) is 11.9. The molecule has 3 aromatic carbocycles. The van der Waals surface area contributed by atoms with E-state index in [0.717, 1.165) is 44.5 Å². The standard InChI is InChI=1S/C26H24NOS.C11H8N.Ir/c1-14-13-27-22(12-21(14)26(4,5)6)20-9-7-8-18-19-11-10-17-15(2)16(3)29-25(17)24(19)28-23(18)20;1-2-6-10(7-3-1)11-8-4-5-9-12-11;/h7-8,10-13H,1-6H3;1-6,8-9H;/q2*-1;. The van der Waals surface area contributed by atoms with Crippen molar-refractivity contribution in [3.63, 3.8) is 0 Å². The van der Waals surface area contributed by atoms with Crippen LogP contribution in [0.4, 0.5) is 0 Å². The van der Waals surface area contributed by atoms with Crippen LogP contribution in [0.15, 0.2) is 89.6 Å². The van der Waals surface area contributed by atoms with E-state index >= 15 is 0 Å².